The lowest BCUT2D eigenvalue weighted by molar-refractivity contribution is -0.121. The van der Waals surface area contributed by atoms with Crippen LogP contribution >= 0.6 is 0 Å². The minimum atomic E-state index is -0.335. The number of benzene rings is 2. The molecule has 0 spiro atoms. The molecule has 3 rings (SSSR count). The number of carbonyl (C=O) groups is 1. The van der Waals surface area contributed by atoms with Gasteiger partial charge in [0.1, 0.15) is 5.82 Å². The SMILES string of the molecule is COc1ccc(CNC(=O)CCc2nc(-c3ccc(F)cc3)no2)cc1OC. The Hall–Kier alpha value is -3.42. The van der Waals surface area contributed by atoms with Gasteiger partial charge in [-0.25, -0.2) is 4.39 Å². The average Bonchev–Trinajstić information content (AvgIpc) is 3.20. The molecule has 1 N–H and O–H groups in total. The van der Waals surface area contributed by atoms with Crippen LogP contribution in [0.15, 0.2) is 47.0 Å². The fourth-order valence-electron chi connectivity index (χ4n) is 2.57. The highest BCUT2D eigenvalue weighted by molar-refractivity contribution is 5.76. The van der Waals surface area contributed by atoms with Gasteiger partial charge in [0, 0.05) is 24.9 Å². The molecule has 0 atom stereocenters. The Labute approximate surface area is 161 Å². The molecular formula is C20H20FN3O4. The largest absolute Gasteiger partial charge is 0.493 e. The van der Waals surface area contributed by atoms with Crippen LogP contribution in [0, 0.1) is 5.82 Å². The smallest absolute Gasteiger partial charge is 0.227 e. The van der Waals surface area contributed by atoms with E-state index in [4.69, 9.17) is 14.0 Å². The maximum Gasteiger partial charge on any atom is 0.227 e. The standard InChI is InChI=1S/C20H20FN3O4/c1-26-16-8-3-13(11-17(16)27-2)12-22-18(25)9-10-19-23-20(24-28-19)14-4-6-15(21)7-5-14/h3-8,11H,9-10,12H2,1-2H3,(H,22,25). The molecule has 0 unspecified atom stereocenters. The molecule has 1 aromatic heterocycles. The van der Waals surface area contributed by atoms with Crippen molar-refractivity contribution in [2.75, 3.05) is 14.2 Å². The number of aryl methyl sites for hydroxylation is 1. The lowest BCUT2D eigenvalue weighted by Gasteiger charge is -2.10. The molecule has 28 heavy (non-hydrogen) atoms. The Kier molecular flexibility index (Phi) is 6.21. The number of halogens is 1. The third-order valence-corrected chi connectivity index (χ3v) is 4.07. The first-order chi connectivity index (χ1) is 13.6. The number of carbonyl (C=O) groups excluding carboxylic acids is 1. The third-order valence-electron chi connectivity index (χ3n) is 4.07. The summed E-state index contributed by atoms with van der Waals surface area (Å²) in [6.45, 7) is 0.365. The van der Waals surface area contributed by atoms with Gasteiger partial charge in [-0.15, -0.1) is 0 Å². The Balaban J connectivity index is 1.50. The van der Waals surface area contributed by atoms with Crippen molar-refractivity contribution >= 4 is 5.91 Å². The van der Waals surface area contributed by atoms with E-state index in [0.29, 0.717) is 41.7 Å². The van der Waals surface area contributed by atoms with Gasteiger partial charge in [0.25, 0.3) is 0 Å². The molecule has 3 aromatic rings. The summed E-state index contributed by atoms with van der Waals surface area (Å²) in [5.74, 6) is 1.47. The second-order valence-corrected chi connectivity index (χ2v) is 5.98. The van der Waals surface area contributed by atoms with Gasteiger partial charge in [-0.1, -0.05) is 11.2 Å². The molecule has 1 amide bonds. The van der Waals surface area contributed by atoms with E-state index in [2.05, 4.69) is 15.5 Å². The van der Waals surface area contributed by atoms with E-state index in [-0.39, 0.29) is 18.1 Å². The number of ether oxygens (including phenoxy) is 2. The Morgan fingerprint density at radius 2 is 1.86 bits per heavy atom. The molecule has 0 saturated heterocycles. The lowest BCUT2D eigenvalue weighted by atomic mass is 10.2. The predicted octanol–water partition coefficient (Wildman–Crippen LogP) is 3.14. The second-order valence-electron chi connectivity index (χ2n) is 5.98. The van der Waals surface area contributed by atoms with Gasteiger partial charge in [0.15, 0.2) is 11.5 Å². The zero-order valence-corrected chi connectivity index (χ0v) is 15.6. The normalized spacial score (nSPS) is 10.5. The lowest BCUT2D eigenvalue weighted by Crippen LogP contribution is -2.23. The van der Waals surface area contributed by atoms with Gasteiger partial charge in [-0.2, -0.15) is 4.98 Å². The maximum atomic E-state index is 13.0. The highest BCUT2D eigenvalue weighted by Gasteiger charge is 2.11. The van der Waals surface area contributed by atoms with Gasteiger partial charge in [0.05, 0.1) is 14.2 Å². The fourth-order valence-corrected chi connectivity index (χ4v) is 2.57. The molecule has 8 heteroatoms. The van der Waals surface area contributed by atoms with Crippen molar-refractivity contribution in [1.82, 2.24) is 15.5 Å². The summed E-state index contributed by atoms with van der Waals surface area (Å²) in [5.41, 5.74) is 1.54. The quantitative estimate of drug-likeness (QED) is 0.641. The minimum Gasteiger partial charge on any atom is -0.493 e. The summed E-state index contributed by atoms with van der Waals surface area (Å²) in [5, 5.41) is 6.69. The van der Waals surface area contributed by atoms with Crippen LogP contribution in [-0.2, 0) is 17.8 Å². The van der Waals surface area contributed by atoms with Crippen molar-refractivity contribution in [3.63, 3.8) is 0 Å². The Morgan fingerprint density at radius 3 is 2.57 bits per heavy atom. The summed E-state index contributed by atoms with van der Waals surface area (Å²) in [4.78, 5) is 16.3. The zero-order chi connectivity index (χ0) is 19.9. The van der Waals surface area contributed by atoms with Crippen molar-refractivity contribution in [2.45, 2.75) is 19.4 Å². The third kappa shape index (κ3) is 4.85. The van der Waals surface area contributed by atoms with Gasteiger partial charge >= 0.3 is 0 Å². The Morgan fingerprint density at radius 1 is 1.11 bits per heavy atom. The number of methoxy groups -OCH3 is 2. The summed E-state index contributed by atoms with van der Waals surface area (Å²) in [6.07, 6.45) is 0.518. The molecule has 0 radical (unpaired) electrons. The van der Waals surface area contributed by atoms with E-state index < -0.39 is 0 Å². The van der Waals surface area contributed by atoms with E-state index in [0.717, 1.165) is 5.56 Å². The molecule has 0 aliphatic rings. The van der Waals surface area contributed by atoms with Crippen LogP contribution in [0.25, 0.3) is 11.4 Å². The number of hydrogen-bond acceptors (Lipinski definition) is 6. The van der Waals surface area contributed by atoms with E-state index in [9.17, 15) is 9.18 Å². The summed E-state index contributed by atoms with van der Waals surface area (Å²) in [6, 6.07) is 11.2. The predicted molar refractivity (Wildman–Crippen MR) is 99.4 cm³/mol. The molecule has 0 fully saturated rings. The van der Waals surface area contributed by atoms with Gasteiger partial charge in [-0.05, 0) is 42.0 Å². The fraction of sp³-hybridized carbons (Fsp3) is 0.250. The van der Waals surface area contributed by atoms with Crippen LogP contribution in [0.4, 0.5) is 4.39 Å². The number of hydrogen-bond donors (Lipinski definition) is 1. The van der Waals surface area contributed by atoms with Gasteiger partial charge in [-0.3, -0.25) is 4.79 Å². The van der Waals surface area contributed by atoms with Crippen LogP contribution in [0.2, 0.25) is 0 Å². The first-order valence-corrected chi connectivity index (χ1v) is 8.65. The van der Waals surface area contributed by atoms with Crippen molar-refractivity contribution in [2.24, 2.45) is 0 Å². The summed E-state index contributed by atoms with van der Waals surface area (Å²) >= 11 is 0. The van der Waals surface area contributed by atoms with Crippen LogP contribution in [-0.4, -0.2) is 30.3 Å². The maximum absolute atomic E-state index is 13.0. The molecule has 146 valence electrons. The topological polar surface area (TPSA) is 86.5 Å². The van der Waals surface area contributed by atoms with Crippen LogP contribution in [0.5, 0.6) is 11.5 Å². The monoisotopic (exact) mass is 385 g/mol. The van der Waals surface area contributed by atoms with Crippen molar-refractivity contribution < 1.29 is 23.2 Å². The number of rotatable bonds is 8. The number of nitrogens with zero attached hydrogens (tertiary/aromatic N) is 2. The van der Waals surface area contributed by atoms with Crippen molar-refractivity contribution in [3.8, 4) is 22.9 Å². The number of amides is 1. The molecule has 0 aliphatic carbocycles. The molecule has 0 aliphatic heterocycles. The highest BCUT2D eigenvalue weighted by Crippen LogP contribution is 2.27. The van der Waals surface area contributed by atoms with Crippen LogP contribution in [0.1, 0.15) is 17.9 Å². The first kappa shape index (κ1) is 19.3. The summed E-state index contributed by atoms with van der Waals surface area (Å²) in [7, 11) is 3.13. The van der Waals surface area contributed by atoms with Crippen molar-refractivity contribution in [3.05, 3.63) is 59.7 Å². The highest BCUT2D eigenvalue weighted by atomic mass is 19.1. The molecule has 0 saturated carbocycles. The van der Waals surface area contributed by atoms with Gasteiger partial charge < -0.3 is 19.3 Å². The average molecular weight is 385 g/mol. The Bertz CT molecular complexity index is 941. The second kappa shape index (κ2) is 8.98. The first-order valence-electron chi connectivity index (χ1n) is 8.65. The molecule has 0 bridgehead atoms. The van der Waals surface area contributed by atoms with Crippen LogP contribution < -0.4 is 14.8 Å². The molecule has 7 nitrogen and oxygen atoms in total. The minimum absolute atomic E-state index is 0.142. The molecule has 1 heterocycles. The van der Waals surface area contributed by atoms with Crippen LogP contribution in [0.3, 0.4) is 0 Å². The number of aromatic nitrogens is 2. The molecule has 2 aromatic carbocycles. The number of nitrogens with one attached hydrogen (secondary N) is 1. The van der Waals surface area contributed by atoms with Gasteiger partial charge in [0.2, 0.25) is 17.6 Å². The molecular weight excluding hydrogens is 365 g/mol. The van der Waals surface area contributed by atoms with Crippen molar-refractivity contribution in [1.29, 1.82) is 0 Å². The van der Waals surface area contributed by atoms with E-state index in [1.165, 1.54) is 12.1 Å². The van der Waals surface area contributed by atoms with E-state index >= 15 is 0 Å². The van der Waals surface area contributed by atoms with E-state index in [1.807, 2.05) is 12.1 Å². The summed E-state index contributed by atoms with van der Waals surface area (Å²) < 4.78 is 28.6. The van der Waals surface area contributed by atoms with E-state index in [1.54, 1.807) is 32.4 Å². The zero-order valence-electron chi connectivity index (χ0n) is 15.6.